The van der Waals surface area contributed by atoms with Gasteiger partial charge in [-0.15, -0.1) is 0 Å². The third-order valence-corrected chi connectivity index (χ3v) is 3.36. The predicted octanol–water partition coefficient (Wildman–Crippen LogP) is 2.05. The van der Waals surface area contributed by atoms with Crippen molar-refractivity contribution < 1.29 is 14.7 Å². The standard InChI is InChI=1S/C16H24N2O3/c1-3-10-17-15(19)12-18(11-9-16(20)21)13(2)14-7-5-4-6-8-14/h4-8,13H,3,9-12H2,1-2H3,(H,17,19)(H,20,21). The van der Waals surface area contributed by atoms with E-state index in [9.17, 15) is 9.59 Å². The van der Waals surface area contributed by atoms with Crippen molar-refractivity contribution in [2.45, 2.75) is 32.7 Å². The van der Waals surface area contributed by atoms with Crippen LogP contribution in [0.5, 0.6) is 0 Å². The Morgan fingerprint density at radius 1 is 1.29 bits per heavy atom. The monoisotopic (exact) mass is 292 g/mol. The summed E-state index contributed by atoms with van der Waals surface area (Å²) >= 11 is 0. The van der Waals surface area contributed by atoms with Gasteiger partial charge in [0.25, 0.3) is 0 Å². The molecule has 2 N–H and O–H groups in total. The van der Waals surface area contributed by atoms with Crippen molar-refractivity contribution in [2.75, 3.05) is 19.6 Å². The smallest absolute Gasteiger partial charge is 0.304 e. The quantitative estimate of drug-likeness (QED) is 0.731. The fraction of sp³-hybridized carbons (Fsp3) is 0.500. The van der Waals surface area contributed by atoms with Crippen LogP contribution in [-0.2, 0) is 9.59 Å². The summed E-state index contributed by atoms with van der Waals surface area (Å²) in [7, 11) is 0. The van der Waals surface area contributed by atoms with E-state index in [0.717, 1.165) is 12.0 Å². The molecule has 0 aliphatic carbocycles. The summed E-state index contributed by atoms with van der Waals surface area (Å²) in [5.74, 6) is -0.917. The second-order valence-electron chi connectivity index (χ2n) is 5.05. The Morgan fingerprint density at radius 2 is 1.95 bits per heavy atom. The lowest BCUT2D eigenvalue weighted by molar-refractivity contribution is -0.138. The molecule has 1 rings (SSSR count). The molecule has 1 aromatic rings. The van der Waals surface area contributed by atoms with Gasteiger partial charge < -0.3 is 10.4 Å². The number of rotatable bonds is 9. The zero-order valence-corrected chi connectivity index (χ0v) is 12.7. The third-order valence-electron chi connectivity index (χ3n) is 3.36. The van der Waals surface area contributed by atoms with Gasteiger partial charge in [0.1, 0.15) is 0 Å². The van der Waals surface area contributed by atoms with Crippen molar-refractivity contribution in [2.24, 2.45) is 0 Å². The second kappa shape index (κ2) is 9.13. The van der Waals surface area contributed by atoms with E-state index in [2.05, 4.69) is 5.32 Å². The minimum absolute atomic E-state index is 0.00192. The molecule has 0 heterocycles. The predicted molar refractivity (Wildman–Crippen MR) is 82.0 cm³/mol. The van der Waals surface area contributed by atoms with Crippen molar-refractivity contribution in [1.29, 1.82) is 0 Å². The molecule has 1 amide bonds. The van der Waals surface area contributed by atoms with E-state index in [1.54, 1.807) is 0 Å². The van der Waals surface area contributed by atoms with Crippen LogP contribution in [0.1, 0.15) is 38.3 Å². The molecule has 0 bridgehead atoms. The van der Waals surface area contributed by atoms with Crippen LogP contribution in [0.4, 0.5) is 0 Å². The first kappa shape index (κ1) is 17.2. The van der Waals surface area contributed by atoms with Crippen molar-refractivity contribution in [1.82, 2.24) is 10.2 Å². The summed E-state index contributed by atoms with van der Waals surface area (Å²) in [6.45, 7) is 5.19. The van der Waals surface area contributed by atoms with E-state index < -0.39 is 5.97 Å². The number of carbonyl (C=O) groups excluding carboxylic acids is 1. The van der Waals surface area contributed by atoms with E-state index in [1.807, 2.05) is 49.1 Å². The highest BCUT2D eigenvalue weighted by Crippen LogP contribution is 2.19. The minimum atomic E-state index is -0.853. The van der Waals surface area contributed by atoms with Crippen molar-refractivity contribution in [3.8, 4) is 0 Å². The van der Waals surface area contributed by atoms with Gasteiger partial charge in [-0.05, 0) is 18.9 Å². The van der Waals surface area contributed by atoms with Crippen LogP contribution in [-0.4, -0.2) is 41.5 Å². The van der Waals surface area contributed by atoms with Crippen LogP contribution in [0.3, 0.4) is 0 Å². The summed E-state index contributed by atoms with van der Waals surface area (Å²) in [6.07, 6.45) is 0.910. The number of nitrogens with one attached hydrogen (secondary N) is 1. The first-order valence-electron chi connectivity index (χ1n) is 7.32. The van der Waals surface area contributed by atoms with Crippen LogP contribution in [0.15, 0.2) is 30.3 Å². The van der Waals surface area contributed by atoms with E-state index in [-0.39, 0.29) is 24.9 Å². The van der Waals surface area contributed by atoms with E-state index in [4.69, 9.17) is 5.11 Å². The van der Waals surface area contributed by atoms with Crippen LogP contribution in [0.2, 0.25) is 0 Å². The number of hydrogen-bond donors (Lipinski definition) is 2. The largest absolute Gasteiger partial charge is 0.481 e. The zero-order valence-electron chi connectivity index (χ0n) is 12.7. The molecule has 1 atom stereocenters. The highest BCUT2D eigenvalue weighted by atomic mass is 16.4. The Bertz CT molecular complexity index is 448. The Labute approximate surface area is 126 Å². The fourth-order valence-electron chi connectivity index (χ4n) is 2.10. The molecule has 1 aromatic carbocycles. The van der Waals surface area contributed by atoms with Gasteiger partial charge in [0.2, 0.25) is 5.91 Å². The average molecular weight is 292 g/mol. The van der Waals surface area contributed by atoms with E-state index in [0.29, 0.717) is 13.1 Å². The van der Waals surface area contributed by atoms with Gasteiger partial charge in [0, 0.05) is 19.1 Å². The first-order valence-corrected chi connectivity index (χ1v) is 7.32. The van der Waals surface area contributed by atoms with Crippen LogP contribution < -0.4 is 5.32 Å². The summed E-state index contributed by atoms with van der Waals surface area (Å²) in [6, 6.07) is 9.80. The number of nitrogens with zero attached hydrogens (tertiary/aromatic N) is 1. The Balaban J connectivity index is 2.71. The molecule has 5 heteroatoms. The molecule has 21 heavy (non-hydrogen) atoms. The van der Waals surface area contributed by atoms with Gasteiger partial charge in [-0.1, -0.05) is 37.3 Å². The molecule has 0 saturated heterocycles. The number of benzene rings is 1. The molecule has 0 aliphatic rings. The van der Waals surface area contributed by atoms with Gasteiger partial charge >= 0.3 is 5.97 Å². The second-order valence-corrected chi connectivity index (χ2v) is 5.05. The molecule has 0 fully saturated rings. The van der Waals surface area contributed by atoms with Gasteiger partial charge in [0.15, 0.2) is 0 Å². The maximum absolute atomic E-state index is 11.9. The lowest BCUT2D eigenvalue weighted by atomic mass is 10.1. The van der Waals surface area contributed by atoms with E-state index >= 15 is 0 Å². The van der Waals surface area contributed by atoms with Gasteiger partial charge in [-0.3, -0.25) is 14.5 Å². The van der Waals surface area contributed by atoms with Crippen LogP contribution in [0.25, 0.3) is 0 Å². The Morgan fingerprint density at radius 3 is 2.52 bits per heavy atom. The normalized spacial score (nSPS) is 12.1. The average Bonchev–Trinajstić information content (AvgIpc) is 2.49. The molecule has 0 radical (unpaired) electrons. The molecule has 0 aliphatic heterocycles. The summed E-state index contributed by atoms with van der Waals surface area (Å²) in [5.41, 5.74) is 1.08. The molecular formula is C16H24N2O3. The number of hydrogen-bond acceptors (Lipinski definition) is 3. The lowest BCUT2D eigenvalue weighted by Crippen LogP contribution is -2.39. The third kappa shape index (κ3) is 6.40. The minimum Gasteiger partial charge on any atom is -0.481 e. The van der Waals surface area contributed by atoms with Gasteiger partial charge in [0.05, 0.1) is 13.0 Å². The number of carboxylic acids is 1. The number of aliphatic carboxylic acids is 1. The molecule has 0 saturated carbocycles. The van der Waals surface area contributed by atoms with Crippen LogP contribution >= 0.6 is 0 Å². The van der Waals surface area contributed by atoms with Crippen molar-refractivity contribution in [3.63, 3.8) is 0 Å². The zero-order chi connectivity index (χ0) is 15.7. The molecule has 5 nitrogen and oxygen atoms in total. The molecule has 0 spiro atoms. The Hall–Kier alpha value is -1.88. The number of carbonyl (C=O) groups is 2. The van der Waals surface area contributed by atoms with Gasteiger partial charge in [-0.2, -0.15) is 0 Å². The maximum Gasteiger partial charge on any atom is 0.304 e. The van der Waals surface area contributed by atoms with E-state index in [1.165, 1.54) is 0 Å². The van der Waals surface area contributed by atoms with Crippen molar-refractivity contribution >= 4 is 11.9 Å². The number of carboxylic acid groups (broad SMARTS) is 1. The lowest BCUT2D eigenvalue weighted by Gasteiger charge is -2.28. The SMILES string of the molecule is CCCNC(=O)CN(CCC(=O)O)C(C)c1ccccc1. The molecule has 0 aromatic heterocycles. The highest BCUT2D eigenvalue weighted by Gasteiger charge is 2.19. The molecular weight excluding hydrogens is 268 g/mol. The topological polar surface area (TPSA) is 69.6 Å². The molecule has 1 unspecified atom stereocenters. The van der Waals surface area contributed by atoms with Gasteiger partial charge in [-0.25, -0.2) is 0 Å². The van der Waals surface area contributed by atoms with Crippen LogP contribution in [0, 0.1) is 0 Å². The summed E-state index contributed by atoms with van der Waals surface area (Å²) < 4.78 is 0. The molecule has 116 valence electrons. The highest BCUT2D eigenvalue weighted by molar-refractivity contribution is 5.78. The fourth-order valence-corrected chi connectivity index (χ4v) is 2.10. The van der Waals surface area contributed by atoms with Crippen molar-refractivity contribution in [3.05, 3.63) is 35.9 Å². The summed E-state index contributed by atoms with van der Waals surface area (Å²) in [5, 5.41) is 11.7. The summed E-state index contributed by atoms with van der Waals surface area (Å²) in [4.78, 5) is 24.6. The number of amides is 1. The maximum atomic E-state index is 11.9. The Kier molecular flexibility index (Phi) is 7.46. The first-order chi connectivity index (χ1) is 10.0.